The monoisotopic (exact) mass is 426 g/mol. The minimum atomic E-state index is -0.618. The van der Waals surface area contributed by atoms with Crippen molar-refractivity contribution in [2.75, 3.05) is 20.8 Å². The smallest absolute Gasteiger partial charge is 0.413 e. The predicted molar refractivity (Wildman–Crippen MR) is 105 cm³/mol. The van der Waals surface area contributed by atoms with Gasteiger partial charge in [-0.2, -0.15) is 0 Å². The third kappa shape index (κ3) is 2.63. The number of amides is 2. The first-order valence-corrected chi connectivity index (χ1v) is 11.4. The maximum Gasteiger partial charge on any atom is 0.413 e. The van der Waals surface area contributed by atoms with Crippen molar-refractivity contribution in [2.45, 2.75) is 92.2 Å². The van der Waals surface area contributed by atoms with Crippen LogP contribution in [0.15, 0.2) is 0 Å². The summed E-state index contributed by atoms with van der Waals surface area (Å²) >= 11 is 1.92. The molecule has 5 aliphatic rings. The molecule has 0 aromatic rings. The third-order valence-corrected chi connectivity index (χ3v) is 8.97. The number of ether oxygens (including phenoxy) is 4. The van der Waals surface area contributed by atoms with E-state index in [9.17, 15) is 9.59 Å². The largest absolute Gasteiger partial charge is 0.438 e. The molecule has 4 heterocycles. The Bertz CT molecular complexity index is 711. The standard InChI is InChI=1S/C20H30N2O6S/c1-19(2)15-12(16(23)22(15)20(29-19)8-6-5-7-9-20)21-17-14(28-18(21)24)13(26-4)11(27-17)10-25-3/h11-15,17H,5-10H2,1-4H3/t11-,12+,13+,14-,15+,17+/m1/s1. The molecule has 0 aromatic heterocycles. The van der Waals surface area contributed by atoms with E-state index >= 15 is 0 Å². The Labute approximate surface area is 175 Å². The van der Waals surface area contributed by atoms with Crippen molar-refractivity contribution >= 4 is 23.8 Å². The second-order valence-electron chi connectivity index (χ2n) is 9.29. The van der Waals surface area contributed by atoms with Crippen LogP contribution in [-0.4, -0.2) is 88.9 Å². The molecule has 0 bridgehead atoms. The predicted octanol–water partition coefficient (Wildman–Crippen LogP) is 1.96. The van der Waals surface area contributed by atoms with Crippen molar-refractivity contribution in [1.82, 2.24) is 9.80 Å². The second-order valence-corrected chi connectivity index (χ2v) is 11.3. The molecule has 5 rings (SSSR count). The van der Waals surface area contributed by atoms with Gasteiger partial charge in [0.05, 0.1) is 17.5 Å². The number of hydrogen-bond acceptors (Lipinski definition) is 7. The zero-order chi connectivity index (χ0) is 20.6. The Morgan fingerprint density at radius 3 is 2.55 bits per heavy atom. The van der Waals surface area contributed by atoms with E-state index in [-0.39, 0.29) is 27.7 Å². The molecule has 9 heteroatoms. The van der Waals surface area contributed by atoms with Crippen molar-refractivity contribution in [3.05, 3.63) is 0 Å². The van der Waals surface area contributed by atoms with Crippen LogP contribution in [0.2, 0.25) is 0 Å². The van der Waals surface area contributed by atoms with E-state index in [0.29, 0.717) is 6.61 Å². The molecular weight excluding hydrogens is 396 g/mol. The molecule has 4 aliphatic heterocycles. The molecule has 4 saturated heterocycles. The van der Waals surface area contributed by atoms with Crippen molar-refractivity contribution in [1.29, 1.82) is 0 Å². The van der Waals surface area contributed by atoms with Gasteiger partial charge in [-0.15, -0.1) is 11.8 Å². The Balaban J connectivity index is 1.43. The summed E-state index contributed by atoms with van der Waals surface area (Å²) in [6, 6.07) is -0.574. The SMILES string of the molecule is COC[C@H]1O[C@H]2[C@H](OC(=O)N2[C@@H]2C(=O)N3[C@@H]2C(C)(C)SC32CCCCC2)[C@H]1OC. The maximum absolute atomic E-state index is 13.4. The molecule has 5 fully saturated rings. The zero-order valence-electron chi connectivity index (χ0n) is 17.5. The third-order valence-electron chi connectivity index (χ3n) is 7.22. The first kappa shape index (κ1) is 19.9. The van der Waals surface area contributed by atoms with E-state index < -0.39 is 30.6 Å². The second kappa shape index (κ2) is 6.73. The summed E-state index contributed by atoms with van der Waals surface area (Å²) < 4.78 is 22.4. The number of rotatable bonds is 4. The lowest BCUT2D eigenvalue weighted by Crippen LogP contribution is -2.76. The highest BCUT2D eigenvalue weighted by Crippen LogP contribution is 2.62. The minimum absolute atomic E-state index is 0.0281. The Kier molecular flexibility index (Phi) is 4.62. The van der Waals surface area contributed by atoms with Crippen LogP contribution in [0.5, 0.6) is 0 Å². The van der Waals surface area contributed by atoms with Crippen LogP contribution in [-0.2, 0) is 23.7 Å². The lowest BCUT2D eigenvalue weighted by Gasteiger charge is -2.55. The number of β-lactam (4-membered cyclic amide) rings is 1. The number of nitrogens with zero attached hydrogens (tertiary/aromatic N) is 2. The average molecular weight is 427 g/mol. The van der Waals surface area contributed by atoms with Crippen molar-refractivity contribution < 1.29 is 28.5 Å². The summed E-state index contributed by atoms with van der Waals surface area (Å²) in [7, 11) is 3.18. The highest BCUT2D eigenvalue weighted by Gasteiger charge is 2.73. The van der Waals surface area contributed by atoms with Crippen LogP contribution >= 0.6 is 11.8 Å². The van der Waals surface area contributed by atoms with Crippen molar-refractivity contribution in [3.8, 4) is 0 Å². The van der Waals surface area contributed by atoms with Gasteiger partial charge in [0.1, 0.15) is 18.2 Å². The number of hydrogen-bond donors (Lipinski definition) is 0. The van der Waals surface area contributed by atoms with Crippen molar-refractivity contribution in [2.24, 2.45) is 0 Å². The van der Waals surface area contributed by atoms with Crippen molar-refractivity contribution in [3.63, 3.8) is 0 Å². The molecule has 1 aliphatic carbocycles. The van der Waals surface area contributed by atoms with Crippen LogP contribution in [0.1, 0.15) is 46.0 Å². The topological polar surface area (TPSA) is 77.5 Å². The van der Waals surface area contributed by atoms with Gasteiger partial charge >= 0.3 is 6.09 Å². The fourth-order valence-corrected chi connectivity index (χ4v) is 8.26. The first-order chi connectivity index (χ1) is 13.8. The molecule has 1 saturated carbocycles. The number of carbonyl (C=O) groups is 2. The van der Waals surface area contributed by atoms with Gasteiger partial charge in [0.25, 0.3) is 0 Å². The lowest BCUT2D eigenvalue weighted by molar-refractivity contribution is -0.173. The normalized spacial score (nSPS) is 42.1. The van der Waals surface area contributed by atoms with Gasteiger partial charge in [0.2, 0.25) is 5.91 Å². The van der Waals surface area contributed by atoms with E-state index in [1.165, 1.54) is 6.42 Å². The molecule has 2 amide bonds. The van der Waals surface area contributed by atoms with Gasteiger partial charge in [-0.3, -0.25) is 9.69 Å². The fourth-order valence-electron chi connectivity index (χ4n) is 6.13. The summed E-state index contributed by atoms with van der Waals surface area (Å²) in [5, 5.41) is 0. The molecule has 1 spiro atoms. The summed E-state index contributed by atoms with van der Waals surface area (Å²) in [5.74, 6) is 0.0281. The Morgan fingerprint density at radius 2 is 1.90 bits per heavy atom. The summed E-state index contributed by atoms with van der Waals surface area (Å²) in [6.45, 7) is 4.73. The molecule has 29 heavy (non-hydrogen) atoms. The van der Waals surface area contributed by atoms with Gasteiger partial charge in [0.15, 0.2) is 12.3 Å². The van der Waals surface area contributed by atoms with Crippen LogP contribution in [0.25, 0.3) is 0 Å². The van der Waals surface area contributed by atoms with Crippen LogP contribution in [0.4, 0.5) is 4.79 Å². The number of methoxy groups -OCH3 is 2. The molecule has 162 valence electrons. The quantitative estimate of drug-likeness (QED) is 0.636. The van der Waals surface area contributed by atoms with Crippen LogP contribution < -0.4 is 0 Å². The molecule has 6 atom stereocenters. The number of fused-ring (bicyclic) bond motifs is 3. The average Bonchev–Trinajstić information content (AvgIpc) is 3.21. The minimum Gasteiger partial charge on any atom is -0.438 e. The highest BCUT2D eigenvalue weighted by molar-refractivity contribution is 8.02. The molecule has 0 unspecified atom stereocenters. The van der Waals surface area contributed by atoms with Gasteiger partial charge in [-0.05, 0) is 26.7 Å². The molecular formula is C20H30N2O6S. The summed E-state index contributed by atoms with van der Waals surface area (Å²) in [5.41, 5.74) is 0. The number of carbonyl (C=O) groups excluding carboxylic acids is 2. The molecule has 8 nitrogen and oxygen atoms in total. The van der Waals surface area contributed by atoms with Gasteiger partial charge in [-0.25, -0.2) is 4.79 Å². The fraction of sp³-hybridized carbons (Fsp3) is 0.900. The van der Waals surface area contributed by atoms with Gasteiger partial charge in [-0.1, -0.05) is 19.3 Å². The van der Waals surface area contributed by atoms with E-state index in [4.69, 9.17) is 18.9 Å². The first-order valence-electron chi connectivity index (χ1n) is 10.5. The van der Waals surface area contributed by atoms with Crippen LogP contribution in [0, 0.1) is 0 Å². The summed E-state index contributed by atoms with van der Waals surface area (Å²) in [4.78, 5) is 29.8. The molecule has 0 aromatic carbocycles. The van der Waals surface area contributed by atoms with E-state index in [1.54, 1.807) is 19.1 Å². The van der Waals surface area contributed by atoms with E-state index in [2.05, 4.69) is 18.7 Å². The van der Waals surface area contributed by atoms with Crippen LogP contribution in [0.3, 0.4) is 0 Å². The van der Waals surface area contributed by atoms with E-state index in [0.717, 1.165) is 25.7 Å². The molecule has 0 radical (unpaired) electrons. The van der Waals surface area contributed by atoms with Gasteiger partial charge in [0, 0.05) is 19.0 Å². The summed E-state index contributed by atoms with van der Waals surface area (Å²) in [6.07, 6.45) is 3.21. The highest BCUT2D eigenvalue weighted by atomic mass is 32.2. The molecule has 0 N–H and O–H groups in total. The van der Waals surface area contributed by atoms with E-state index in [1.807, 2.05) is 11.8 Å². The number of thioether (sulfide) groups is 1. The lowest BCUT2D eigenvalue weighted by atomic mass is 9.80. The Hall–Kier alpha value is -1.03. The maximum atomic E-state index is 13.4. The Morgan fingerprint density at radius 1 is 1.17 bits per heavy atom. The van der Waals surface area contributed by atoms with Gasteiger partial charge < -0.3 is 23.8 Å². The zero-order valence-corrected chi connectivity index (χ0v) is 18.3.